The quantitative estimate of drug-likeness (QED) is 0.903. The molecule has 7 heteroatoms. The van der Waals surface area contributed by atoms with Crippen LogP contribution in [0.1, 0.15) is 20.7 Å². The molecule has 1 aromatic heterocycles. The molecule has 0 aliphatic rings. The molecule has 0 bridgehead atoms. The van der Waals surface area contributed by atoms with Crippen LogP contribution in [-0.4, -0.2) is 18.9 Å². The van der Waals surface area contributed by atoms with E-state index < -0.39 is 5.91 Å². The maximum Gasteiger partial charge on any atom is 0.257 e. The predicted octanol–water partition coefficient (Wildman–Crippen LogP) is 3.67. The molecule has 2 rings (SSSR count). The van der Waals surface area contributed by atoms with Crippen LogP contribution in [0.2, 0.25) is 10.0 Å². The Kier molecular flexibility index (Phi) is 4.65. The Balaban J connectivity index is 2.26. The van der Waals surface area contributed by atoms with Crippen LogP contribution in [-0.2, 0) is 0 Å². The first-order chi connectivity index (χ1) is 9.52. The van der Waals surface area contributed by atoms with Crippen LogP contribution in [0.15, 0.2) is 29.6 Å². The third-order valence-electron chi connectivity index (χ3n) is 2.54. The van der Waals surface area contributed by atoms with E-state index in [9.17, 15) is 9.59 Å². The fourth-order valence-electron chi connectivity index (χ4n) is 1.56. The number of thiophene rings is 1. The highest BCUT2D eigenvalue weighted by molar-refractivity contribution is 7.14. The van der Waals surface area contributed by atoms with E-state index in [0.29, 0.717) is 20.6 Å². The summed E-state index contributed by atoms with van der Waals surface area (Å²) in [5.41, 5.74) is 0.666. The molecular formula is C13H10Cl2N2O2S. The summed E-state index contributed by atoms with van der Waals surface area (Å²) >= 11 is 13.1. The molecule has 0 saturated heterocycles. The second-order valence-electron chi connectivity index (χ2n) is 3.82. The summed E-state index contributed by atoms with van der Waals surface area (Å²) in [6.07, 6.45) is 0. The van der Waals surface area contributed by atoms with Crippen molar-refractivity contribution < 1.29 is 9.59 Å². The SMILES string of the molecule is CNC(=O)c1ccsc1NC(=O)c1cc(Cl)ccc1Cl. The van der Waals surface area contributed by atoms with Crippen molar-refractivity contribution in [2.45, 2.75) is 0 Å². The minimum Gasteiger partial charge on any atom is -0.355 e. The summed E-state index contributed by atoms with van der Waals surface area (Å²) in [5, 5.41) is 8.07. The molecule has 0 aliphatic heterocycles. The first-order valence-electron chi connectivity index (χ1n) is 5.59. The molecule has 2 N–H and O–H groups in total. The minimum atomic E-state index is -0.412. The Hall–Kier alpha value is -1.56. The van der Waals surface area contributed by atoms with Crippen LogP contribution in [0, 0.1) is 0 Å². The summed E-state index contributed by atoms with van der Waals surface area (Å²) in [6.45, 7) is 0. The lowest BCUT2D eigenvalue weighted by Gasteiger charge is -2.07. The van der Waals surface area contributed by atoms with Gasteiger partial charge in [0, 0.05) is 12.1 Å². The third-order valence-corrected chi connectivity index (χ3v) is 3.93. The van der Waals surface area contributed by atoms with Crippen molar-refractivity contribution in [3.05, 3.63) is 50.8 Å². The number of amides is 2. The average Bonchev–Trinajstić information content (AvgIpc) is 2.88. The first kappa shape index (κ1) is 14.8. The second-order valence-corrected chi connectivity index (χ2v) is 5.58. The van der Waals surface area contributed by atoms with Gasteiger partial charge in [-0.25, -0.2) is 0 Å². The number of halogens is 2. The zero-order chi connectivity index (χ0) is 14.7. The summed E-state index contributed by atoms with van der Waals surface area (Å²) in [5.74, 6) is -0.677. The van der Waals surface area contributed by atoms with Gasteiger partial charge in [-0.1, -0.05) is 23.2 Å². The van der Waals surface area contributed by atoms with E-state index in [4.69, 9.17) is 23.2 Å². The van der Waals surface area contributed by atoms with Crippen molar-refractivity contribution in [3.8, 4) is 0 Å². The highest BCUT2D eigenvalue weighted by atomic mass is 35.5. The van der Waals surface area contributed by atoms with Crippen molar-refractivity contribution in [3.63, 3.8) is 0 Å². The zero-order valence-electron chi connectivity index (χ0n) is 10.4. The van der Waals surface area contributed by atoms with Crippen molar-refractivity contribution in [2.24, 2.45) is 0 Å². The number of anilines is 1. The number of rotatable bonds is 3. The van der Waals surface area contributed by atoms with E-state index >= 15 is 0 Å². The van der Waals surface area contributed by atoms with Crippen LogP contribution in [0.3, 0.4) is 0 Å². The Morgan fingerprint density at radius 2 is 1.85 bits per heavy atom. The lowest BCUT2D eigenvalue weighted by molar-refractivity contribution is 0.0964. The maximum atomic E-state index is 12.2. The molecule has 2 aromatic rings. The lowest BCUT2D eigenvalue weighted by Crippen LogP contribution is -2.20. The summed E-state index contributed by atoms with van der Waals surface area (Å²) < 4.78 is 0. The number of carbonyl (C=O) groups excluding carboxylic acids is 2. The Morgan fingerprint density at radius 3 is 2.55 bits per heavy atom. The number of nitrogens with one attached hydrogen (secondary N) is 2. The van der Waals surface area contributed by atoms with E-state index in [1.165, 1.54) is 24.5 Å². The Labute approximate surface area is 129 Å². The third kappa shape index (κ3) is 3.12. The summed E-state index contributed by atoms with van der Waals surface area (Å²) in [4.78, 5) is 23.8. The maximum absolute atomic E-state index is 12.2. The molecule has 0 unspecified atom stereocenters. The van der Waals surface area contributed by atoms with E-state index in [1.54, 1.807) is 23.6 Å². The van der Waals surface area contributed by atoms with Crippen molar-refractivity contribution in [2.75, 3.05) is 12.4 Å². The Bertz CT molecular complexity index is 670. The van der Waals surface area contributed by atoms with Gasteiger partial charge in [0.15, 0.2) is 0 Å². The average molecular weight is 329 g/mol. The van der Waals surface area contributed by atoms with E-state index in [0.717, 1.165) is 0 Å². The number of carbonyl (C=O) groups is 2. The van der Waals surface area contributed by atoms with Gasteiger partial charge >= 0.3 is 0 Å². The summed E-state index contributed by atoms with van der Waals surface area (Å²) in [7, 11) is 1.53. The fraction of sp³-hybridized carbons (Fsp3) is 0.0769. The molecule has 104 valence electrons. The molecule has 4 nitrogen and oxygen atoms in total. The molecule has 0 spiro atoms. The lowest BCUT2D eigenvalue weighted by atomic mass is 10.2. The topological polar surface area (TPSA) is 58.2 Å². The van der Waals surface area contributed by atoms with Crippen LogP contribution >= 0.6 is 34.5 Å². The highest BCUT2D eigenvalue weighted by Gasteiger charge is 2.16. The van der Waals surface area contributed by atoms with Gasteiger partial charge in [-0.3, -0.25) is 9.59 Å². The summed E-state index contributed by atoms with van der Waals surface area (Å²) in [6, 6.07) is 6.26. The minimum absolute atomic E-state index is 0.260. The molecule has 0 fully saturated rings. The molecule has 20 heavy (non-hydrogen) atoms. The normalized spacial score (nSPS) is 10.2. The van der Waals surface area contributed by atoms with Gasteiger partial charge in [0.2, 0.25) is 0 Å². The Morgan fingerprint density at radius 1 is 1.10 bits per heavy atom. The molecule has 1 heterocycles. The van der Waals surface area contributed by atoms with Gasteiger partial charge in [0.1, 0.15) is 5.00 Å². The number of hydrogen-bond donors (Lipinski definition) is 2. The zero-order valence-corrected chi connectivity index (χ0v) is 12.7. The predicted molar refractivity (Wildman–Crippen MR) is 82.1 cm³/mol. The molecule has 1 aromatic carbocycles. The molecule has 2 amide bonds. The van der Waals surface area contributed by atoms with Gasteiger partial charge in [0.25, 0.3) is 11.8 Å². The highest BCUT2D eigenvalue weighted by Crippen LogP contribution is 2.26. The van der Waals surface area contributed by atoms with Crippen molar-refractivity contribution >= 4 is 51.4 Å². The van der Waals surface area contributed by atoms with Crippen molar-refractivity contribution in [1.29, 1.82) is 0 Å². The van der Waals surface area contributed by atoms with Crippen LogP contribution in [0.5, 0.6) is 0 Å². The van der Waals surface area contributed by atoms with Crippen LogP contribution < -0.4 is 10.6 Å². The number of benzene rings is 1. The molecule has 0 aliphatic carbocycles. The number of hydrogen-bond acceptors (Lipinski definition) is 3. The molecular weight excluding hydrogens is 319 g/mol. The van der Waals surface area contributed by atoms with Gasteiger partial charge in [-0.15, -0.1) is 11.3 Å². The van der Waals surface area contributed by atoms with E-state index in [-0.39, 0.29) is 11.5 Å². The van der Waals surface area contributed by atoms with Gasteiger partial charge in [0.05, 0.1) is 16.1 Å². The smallest absolute Gasteiger partial charge is 0.257 e. The standard InChI is InChI=1S/C13H10Cl2N2O2S/c1-16-11(18)8-4-5-20-13(8)17-12(19)9-6-7(14)2-3-10(9)15/h2-6H,1H3,(H,16,18)(H,17,19). The first-order valence-corrected chi connectivity index (χ1v) is 7.22. The van der Waals surface area contributed by atoms with Gasteiger partial charge in [-0.2, -0.15) is 0 Å². The van der Waals surface area contributed by atoms with Gasteiger partial charge < -0.3 is 10.6 Å². The second kappa shape index (κ2) is 6.26. The van der Waals surface area contributed by atoms with E-state index in [1.807, 2.05) is 0 Å². The largest absolute Gasteiger partial charge is 0.355 e. The fourth-order valence-corrected chi connectivity index (χ4v) is 2.72. The van der Waals surface area contributed by atoms with Gasteiger partial charge in [-0.05, 0) is 29.6 Å². The van der Waals surface area contributed by atoms with Crippen LogP contribution in [0.4, 0.5) is 5.00 Å². The van der Waals surface area contributed by atoms with E-state index in [2.05, 4.69) is 10.6 Å². The molecule has 0 saturated carbocycles. The molecule has 0 radical (unpaired) electrons. The van der Waals surface area contributed by atoms with Crippen LogP contribution in [0.25, 0.3) is 0 Å². The van der Waals surface area contributed by atoms with Crippen molar-refractivity contribution in [1.82, 2.24) is 5.32 Å². The monoisotopic (exact) mass is 328 g/mol. The molecule has 0 atom stereocenters.